The fourth-order valence-corrected chi connectivity index (χ4v) is 2.20. The van der Waals surface area contributed by atoms with Crippen LogP contribution in [0, 0.1) is 12.8 Å². The number of carbonyl (C=O) groups is 2. The normalized spacial score (nSPS) is 10.4. The van der Waals surface area contributed by atoms with Crippen LogP contribution in [0.4, 0.5) is 5.69 Å². The molecule has 1 heterocycles. The quantitative estimate of drug-likeness (QED) is 0.846. The molecule has 6 heteroatoms. The van der Waals surface area contributed by atoms with Crippen molar-refractivity contribution in [2.75, 3.05) is 19.0 Å². The Morgan fingerprint density at radius 2 is 1.92 bits per heavy atom. The molecule has 2 rings (SSSR count). The van der Waals surface area contributed by atoms with E-state index >= 15 is 0 Å². The van der Waals surface area contributed by atoms with Gasteiger partial charge in [0.05, 0.1) is 12.8 Å². The van der Waals surface area contributed by atoms with Crippen molar-refractivity contribution >= 4 is 17.5 Å². The van der Waals surface area contributed by atoms with Crippen molar-refractivity contribution in [1.29, 1.82) is 0 Å². The molecule has 6 nitrogen and oxygen atoms in total. The minimum absolute atomic E-state index is 0.213. The van der Waals surface area contributed by atoms with Gasteiger partial charge < -0.3 is 15.4 Å². The van der Waals surface area contributed by atoms with Gasteiger partial charge in [-0.25, -0.2) is 0 Å². The number of rotatable bonds is 6. The lowest BCUT2D eigenvalue weighted by atomic mass is 10.1. The van der Waals surface area contributed by atoms with Crippen molar-refractivity contribution in [2.24, 2.45) is 5.92 Å². The van der Waals surface area contributed by atoms with Crippen LogP contribution in [0.15, 0.2) is 36.5 Å². The maximum absolute atomic E-state index is 12.5. The second-order valence-electron chi connectivity index (χ2n) is 6.19. The third-order valence-electron chi connectivity index (χ3n) is 3.53. The third-order valence-corrected chi connectivity index (χ3v) is 3.53. The largest absolute Gasteiger partial charge is 0.495 e. The number of ether oxygens (including phenoxy) is 1. The van der Waals surface area contributed by atoms with E-state index in [-0.39, 0.29) is 17.5 Å². The lowest BCUT2D eigenvalue weighted by molar-refractivity contribution is 0.0944. The number of pyridine rings is 1. The molecular weight excluding hydrogens is 318 g/mol. The number of nitrogens with one attached hydrogen (secondary N) is 2. The second-order valence-corrected chi connectivity index (χ2v) is 6.19. The van der Waals surface area contributed by atoms with Crippen LogP contribution >= 0.6 is 0 Å². The summed E-state index contributed by atoms with van der Waals surface area (Å²) >= 11 is 0. The Balaban J connectivity index is 2.16. The molecule has 0 fully saturated rings. The zero-order valence-corrected chi connectivity index (χ0v) is 14.9. The van der Waals surface area contributed by atoms with Gasteiger partial charge in [-0.15, -0.1) is 0 Å². The Labute approximate surface area is 147 Å². The van der Waals surface area contributed by atoms with Crippen LogP contribution in [0.2, 0.25) is 0 Å². The Morgan fingerprint density at radius 3 is 2.60 bits per heavy atom. The van der Waals surface area contributed by atoms with Crippen LogP contribution in [-0.2, 0) is 0 Å². The van der Waals surface area contributed by atoms with E-state index in [1.54, 1.807) is 19.2 Å². The molecule has 0 aliphatic rings. The average molecular weight is 341 g/mol. The summed E-state index contributed by atoms with van der Waals surface area (Å²) in [4.78, 5) is 28.6. The highest BCUT2D eigenvalue weighted by Crippen LogP contribution is 2.25. The van der Waals surface area contributed by atoms with Crippen molar-refractivity contribution in [1.82, 2.24) is 10.3 Å². The lowest BCUT2D eigenvalue weighted by Gasteiger charge is -2.11. The minimum Gasteiger partial charge on any atom is -0.495 e. The van der Waals surface area contributed by atoms with E-state index in [0.29, 0.717) is 29.5 Å². The van der Waals surface area contributed by atoms with Gasteiger partial charge in [-0.1, -0.05) is 19.9 Å². The molecule has 0 radical (unpaired) electrons. The van der Waals surface area contributed by atoms with Gasteiger partial charge in [0.15, 0.2) is 0 Å². The molecule has 0 aliphatic heterocycles. The predicted octanol–water partition coefficient (Wildman–Crippen LogP) is 3.04. The van der Waals surface area contributed by atoms with Gasteiger partial charge in [0.1, 0.15) is 11.4 Å². The van der Waals surface area contributed by atoms with Crippen LogP contribution in [0.5, 0.6) is 5.75 Å². The molecule has 2 aromatic rings. The summed E-state index contributed by atoms with van der Waals surface area (Å²) in [6.07, 6.45) is 1.45. The summed E-state index contributed by atoms with van der Waals surface area (Å²) in [5.41, 5.74) is 2.15. The molecule has 0 saturated heterocycles. The first-order valence-corrected chi connectivity index (χ1v) is 8.11. The van der Waals surface area contributed by atoms with Crippen molar-refractivity contribution in [3.63, 3.8) is 0 Å². The monoisotopic (exact) mass is 341 g/mol. The second kappa shape index (κ2) is 8.28. The van der Waals surface area contributed by atoms with Gasteiger partial charge >= 0.3 is 0 Å². The number of methoxy groups -OCH3 is 1. The summed E-state index contributed by atoms with van der Waals surface area (Å²) in [6, 6.07) is 8.57. The topological polar surface area (TPSA) is 80.3 Å². The van der Waals surface area contributed by atoms with Crippen LogP contribution in [0.25, 0.3) is 0 Å². The first-order valence-electron chi connectivity index (χ1n) is 8.11. The van der Waals surface area contributed by atoms with Gasteiger partial charge in [-0.2, -0.15) is 0 Å². The number of anilines is 1. The van der Waals surface area contributed by atoms with Crippen LogP contribution in [-0.4, -0.2) is 30.5 Å². The van der Waals surface area contributed by atoms with Crippen LogP contribution in [0.3, 0.4) is 0 Å². The fourth-order valence-electron chi connectivity index (χ4n) is 2.20. The van der Waals surface area contributed by atoms with E-state index in [1.165, 1.54) is 12.3 Å². The Hall–Kier alpha value is -2.89. The number of amides is 2. The summed E-state index contributed by atoms with van der Waals surface area (Å²) < 4.78 is 5.26. The molecule has 1 aromatic heterocycles. The molecule has 0 bridgehead atoms. The Morgan fingerprint density at radius 1 is 1.16 bits per heavy atom. The molecule has 25 heavy (non-hydrogen) atoms. The number of benzene rings is 1. The summed E-state index contributed by atoms with van der Waals surface area (Å²) in [5.74, 6) is 0.285. The number of hydrogen-bond acceptors (Lipinski definition) is 4. The van der Waals surface area contributed by atoms with E-state index in [2.05, 4.69) is 15.6 Å². The fraction of sp³-hybridized carbons (Fsp3) is 0.316. The zero-order chi connectivity index (χ0) is 18.4. The van der Waals surface area contributed by atoms with Crippen molar-refractivity contribution in [2.45, 2.75) is 20.8 Å². The lowest BCUT2D eigenvalue weighted by Crippen LogP contribution is -2.28. The van der Waals surface area contributed by atoms with Gasteiger partial charge in [0.2, 0.25) is 0 Å². The van der Waals surface area contributed by atoms with E-state index < -0.39 is 0 Å². The van der Waals surface area contributed by atoms with E-state index in [4.69, 9.17) is 4.74 Å². The van der Waals surface area contributed by atoms with Gasteiger partial charge in [0.25, 0.3) is 11.8 Å². The molecule has 0 spiro atoms. The van der Waals surface area contributed by atoms with Gasteiger partial charge in [-0.05, 0) is 42.7 Å². The number of aromatic nitrogens is 1. The highest BCUT2D eigenvalue weighted by atomic mass is 16.5. The van der Waals surface area contributed by atoms with Crippen molar-refractivity contribution in [3.05, 3.63) is 53.3 Å². The maximum atomic E-state index is 12.5. The van der Waals surface area contributed by atoms with Crippen molar-refractivity contribution < 1.29 is 14.3 Å². The van der Waals surface area contributed by atoms with Crippen molar-refractivity contribution in [3.8, 4) is 5.75 Å². The molecule has 2 N–H and O–H groups in total. The van der Waals surface area contributed by atoms with E-state index in [1.807, 2.05) is 32.9 Å². The molecule has 0 atom stereocenters. The average Bonchev–Trinajstić information content (AvgIpc) is 2.60. The third kappa shape index (κ3) is 5.04. The van der Waals surface area contributed by atoms with Crippen LogP contribution < -0.4 is 15.4 Å². The molecule has 0 saturated carbocycles. The predicted molar refractivity (Wildman–Crippen MR) is 97.1 cm³/mol. The Kier molecular flexibility index (Phi) is 6.11. The molecule has 1 aromatic carbocycles. The van der Waals surface area contributed by atoms with Crippen LogP contribution in [0.1, 0.15) is 40.3 Å². The van der Waals surface area contributed by atoms with Gasteiger partial charge in [0, 0.05) is 18.3 Å². The SMILES string of the molecule is COc1ccc(C)cc1NC(=O)c1ccnc(C(=O)NCC(C)C)c1. The minimum atomic E-state index is -0.329. The van der Waals surface area contributed by atoms with E-state index in [0.717, 1.165) is 5.56 Å². The number of aryl methyl sites for hydroxylation is 1. The Bertz CT molecular complexity index is 772. The highest BCUT2D eigenvalue weighted by molar-refractivity contribution is 6.06. The smallest absolute Gasteiger partial charge is 0.269 e. The number of carbonyl (C=O) groups excluding carboxylic acids is 2. The first-order chi connectivity index (χ1) is 11.9. The maximum Gasteiger partial charge on any atom is 0.269 e. The highest BCUT2D eigenvalue weighted by Gasteiger charge is 2.14. The first kappa shape index (κ1) is 18.4. The van der Waals surface area contributed by atoms with E-state index in [9.17, 15) is 9.59 Å². The number of hydrogen-bond donors (Lipinski definition) is 2. The molecular formula is C19H23N3O3. The summed E-state index contributed by atoms with van der Waals surface area (Å²) in [5, 5.41) is 5.60. The molecule has 0 aliphatic carbocycles. The molecule has 132 valence electrons. The van der Waals surface area contributed by atoms with Gasteiger partial charge in [-0.3, -0.25) is 14.6 Å². The molecule has 0 unspecified atom stereocenters. The number of nitrogens with zero attached hydrogens (tertiary/aromatic N) is 1. The summed E-state index contributed by atoms with van der Waals surface area (Å²) in [6.45, 7) is 6.50. The standard InChI is InChI=1S/C19H23N3O3/c1-12(2)11-21-19(24)16-10-14(7-8-20-16)18(23)22-15-9-13(3)5-6-17(15)25-4/h5-10,12H,11H2,1-4H3,(H,21,24)(H,22,23). The molecule has 2 amide bonds. The zero-order valence-electron chi connectivity index (χ0n) is 14.9. The summed E-state index contributed by atoms with van der Waals surface area (Å²) in [7, 11) is 1.55.